The Morgan fingerprint density at radius 3 is 2.48 bits per heavy atom. The monoisotopic (exact) mass is 599 g/mol. The molecule has 2 saturated heterocycles. The van der Waals surface area contributed by atoms with Crippen LogP contribution < -0.4 is 15.5 Å². The van der Waals surface area contributed by atoms with Crippen molar-refractivity contribution in [3.05, 3.63) is 70.3 Å². The van der Waals surface area contributed by atoms with Crippen LogP contribution in [-0.4, -0.2) is 54.8 Å². The molecule has 2 aromatic heterocycles. The van der Waals surface area contributed by atoms with Crippen molar-refractivity contribution in [2.75, 3.05) is 43.0 Å². The van der Waals surface area contributed by atoms with Gasteiger partial charge in [0, 0.05) is 45.4 Å². The summed E-state index contributed by atoms with van der Waals surface area (Å²) in [6.07, 6.45) is 9.36. The van der Waals surface area contributed by atoms with Gasteiger partial charge in [-0.15, -0.1) is 0 Å². The maximum atomic E-state index is 13.0. The number of benzene rings is 1. The second-order valence-corrected chi connectivity index (χ2v) is 14.4. The van der Waals surface area contributed by atoms with E-state index in [0.717, 1.165) is 69.5 Å². The highest BCUT2D eigenvalue weighted by Gasteiger charge is 2.37. The molecule has 1 amide bonds. The summed E-state index contributed by atoms with van der Waals surface area (Å²) in [7, 11) is 0. The number of carbonyl (C=O) groups is 1. The summed E-state index contributed by atoms with van der Waals surface area (Å²) in [6.45, 7) is 15.6. The number of hydrogen-bond acceptors (Lipinski definition) is 7. The molecule has 236 valence electrons. The highest BCUT2D eigenvalue weighted by Crippen LogP contribution is 2.46. The summed E-state index contributed by atoms with van der Waals surface area (Å²) in [6, 6.07) is 10.5. The average Bonchev–Trinajstić information content (AvgIpc) is 3.71. The first kappa shape index (κ1) is 30.6. The summed E-state index contributed by atoms with van der Waals surface area (Å²) in [4.78, 5) is 24.5. The van der Waals surface area contributed by atoms with Gasteiger partial charge < -0.3 is 24.7 Å². The first-order valence-electron chi connectivity index (χ1n) is 16.5. The molecule has 3 aliphatic rings. The van der Waals surface area contributed by atoms with Gasteiger partial charge in [0.15, 0.2) is 5.76 Å². The number of piperidine rings is 1. The van der Waals surface area contributed by atoms with Gasteiger partial charge in [0.1, 0.15) is 11.6 Å². The van der Waals surface area contributed by atoms with Crippen LogP contribution in [0.1, 0.15) is 105 Å². The van der Waals surface area contributed by atoms with Crippen molar-refractivity contribution in [2.24, 2.45) is 5.92 Å². The minimum atomic E-state index is -0.142. The Morgan fingerprint density at radius 1 is 1.00 bits per heavy atom. The van der Waals surface area contributed by atoms with E-state index in [-0.39, 0.29) is 22.8 Å². The van der Waals surface area contributed by atoms with E-state index in [4.69, 9.17) is 14.1 Å². The maximum absolute atomic E-state index is 13.0. The van der Waals surface area contributed by atoms with Gasteiger partial charge in [0.2, 0.25) is 5.95 Å². The molecule has 44 heavy (non-hydrogen) atoms. The second kappa shape index (κ2) is 12.5. The molecule has 1 unspecified atom stereocenters. The van der Waals surface area contributed by atoms with E-state index in [9.17, 15) is 4.79 Å². The number of fused-ring (bicyclic) bond motifs is 1. The highest BCUT2D eigenvalue weighted by molar-refractivity contribution is 5.91. The fraction of sp³-hybridized carbons (Fsp3) is 0.583. The summed E-state index contributed by atoms with van der Waals surface area (Å²) in [5.74, 6) is 3.08. The lowest BCUT2D eigenvalue weighted by Crippen LogP contribution is -2.39. The SMILES string of the molecule is Cc1cc2c(cc1Cc1ccc(C(=O)NCC3CCN(c4nccc(NCC5CCCO5)n4)CC3)o1)C(C)(C)CCC2(C)C. The average molecular weight is 600 g/mol. The van der Waals surface area contributed by atoms with Crippen molar-refractivity contribution >= 4 is 17.7 Å². The van der Waals surface area contributed by atoms with E-state index in [1.165, 1.54) is 35.1 Å². The minimum Gasteiger partial charge on any atom is -0.456 e. The largest absolute Gasteiger partial charge is 0.456 e. The summed E-state index contributed by atoms with van der Waals surface area (Å²) in [5, 5.41) is 6.52. The Kier molecular flexibility index (Phi) is 8.73. The summed E-state index contributed by atoms with van der Waals surface area (Å²) >= 11 is 0. The number of rotatable bonds is 9. The van der Waals surface area contributed by atoms with Crippen molar-refractivity contribution in [3.8, 4) is 0 Å². The van der Waals surface area contributed by atoms with Crippen LogP contribution in [0.25, 0.3) is 0 Å². The number of aromatic nitrogens is 2. The first-order chi connectivity index (χ1) is 21.1. The van der Waals surface area contributed by atoms with Crippen LogP contribution in [-0.2, 0) is 22.0 Å². The number of aryl methyl sites for hydroxylation is 1. The van der Waals surface area contributed by atoms with Gasteiger partial charge >= 0.3 is 0 Å². The van der Waals surface area contributed by atoms with Crippen LogP contribution in [0.2, 0.25) is 0 Å². The normalized spacial score (nSPS) is 21.2. The zero-order valence-electron chi connectivity index (χ0n) is 27.2. The van der Waals surface area contributed by atoms with Gasteiger partial charge in [-0.2, -0.15) is 4.98 Å². The van der Waals surface area contributed by atoms with E-state index < -0.39 is 0 Å². The Bertz CT molecular complexity index is 1460. The lowest BCUT2D eigenvalue weighted by Gasteiger charge is -2.42. The molecule has 0 spiro atoms. The third-order valence-electron chi connectivity index (χ3n) is 10.2. The fourth-order valence-corrected chi connectivity index (χ4v) is 7.02. The molecular formula is C36H49N5O3. The maximum Gasteiger partial charge on any atom is 0.287 e. The lowest BCUT2D eigenvalue weighted by atomic mass is 9.62. The summed E-state index contributed by atoms with van der Waals surface area (Å²) in [5.41, 5.74) is 5.85. The number of furan rings is 1. The van der Waals surface area contributed by atoms with Gasteiger partial charge in [-0.1, -0.05) is 39.8 Å². The van der Waals surface area contributed by atoms with Gasteiger partial charge in [0.05, 0.1) is 6.10 Å². The van der Waals surface area contributed by atoms with Crippen LogP contribution in [0.3, 0.4) is 0 Å². The third-order valence-corrected chi connectivity index (χ3v) is 10.2. The molecule has 6 rings (SSSR count). The van der Waals surface area contributed by atoms with E-state index >= 15 is 0 Å². The topological polar surface area (TPSA) is 92.5 Å². The number of nitrogens with one attached hydrogen (secondary N) is 2. The fourth-order valence-electron chi connectivity index (χ4n) is 7.02. The van der Waals surface area contributed by atoms with Crippen molar-refractivity contribution in [1.82, 2.24) is 15.3 Å². The van der Waals surface area contributed by atoms with Crippen LogP contribution in [0.15, 0.2) is 40.9 Å². The van der Waals surface area contributed by atoms with Gasteiger partial charge in [-0.25, -0.2) is 4.98 Å². The molecule has 3 aromatic rings. The molecular weight excluding hydrogens is 550 g/mol. The Hall–Kier alpha value is -3.39. The molecule has 8 heteroatoms. The van der Waals surface area contributed by atoms with Crippen LogP contribution >= 0.6 is 0 Å². The molecule has 2 N–H and O–H groups in total. The predicted octanol–water partition coefficient (Wildman–Crippen LogP) is 6.56. The minimum absolute atomic E-state index is 0.142. The number of nitrogens with zero attached hydrogens (tertiary/aromatic N) is 3. The first-order valence-corrected chi connectivity index (χ1v) is 16.5. The molecule has 8 nitrogen and oxygen atoms in total. The smallest absolute Gasteiger partial charge is 0.287 e. The second-order valence-electron chi connectivity index (χ2n) is 14.4. The molecule has 0 saturated carbocycles. The molecule has 2 aliphatic heterocycles. The third kappa shape index (κ3) is 6.80. The van der Waals surface area contributed by atoms with Crippen molar-refractivity contribution in [2.45, 2.75) is 96.5 Å². The standard InChI is InChI=1S/C36H49N5O3/c1-24-19-29-30(36(4,5)14-13-35(29,2)3)21-26(24)20-27-8-9-31(44-27)33(42)39-22-25-11-16-41(17-12-25)34-37-15-10-32(40-34)38-23-28-7-6-18-43-28/h8-10,15,19,21,25,28H,6-7,11-14,16-18,20,22-23H2,1-5H3,(H,39,42)(H,37,38,40). The van der Waals surface area contributed by atoms with E-state index in [1.54, 1.807) is 0 Å². The Labute approximate surface area is 262 Å². The van der Waals surface area contributed by atoms with Crippen molar-refractivity contribution < 1.29 is 13.9 Å². The van der Waals surface area contributed by atoms with Gasteiger partial charge in [-0.3, -0.25) is 4.79 Å². The number of anilines is 2. The van der Waals surface area contributed by atoms with Crippen LogP contribution in [0, 0.1) is 12.8 Å². The number of ether oxygens (including phenoxy) is 1. The van der Waals surface area contributed by atoms with E-state index in [0.29, 0.717) is 24.6 Å². The van der Waals surface area contributed by atoms with Crippen molar-refractivity contribution in [3.63, 3.8) is 0 Å². The molecule has 2 fully saturated rings. The molecule has 1 atom stereocenters. The predicted molar refractivity (Wildman–Crippen MR) is 175 cm³/mol. The Morgan fingerprint density at radius 2 is 1.75 bits per heavy atom. The zero-order valence-corrected chi connectivity index (χ0v) is 27.2. The Balaban J connectivity index is 0.994. The molecule has 4 heterocycles. The zero-order chi connectivity index (χ0) is 30.9. The van der Waals surface area contributed by atoms with Crippen LogP contribution in [0.4, 0.5) is 11.8 Å². The molecule has 0 bridgehead atoms. The highest BCUT2D eigenvalue weighted by atomic mass is 16.5. The van der Waals surface area contributed by atoms with Gasteiger partial charge in [-0.05, 0) is 103 Å². The number of amides is 1. The number of carbonyl (C=O) groups excluding carboxylic acids is 1. The summed E-state index contributed by atoms with van der Waals surface area (Å²) < 4.78 is 11.8. The van der Waals surface area contributed by atoms with Crippen molar-refractivity contribution in [1.29, 1.82) is 0 Å². The van der Waals surface area contributed by atoms with Crippen LogP contribution in [0.5, 0.6) is 0 Å². The van der Waals surface area contributed by atoms with E-state index in [1.807, 2.05) is 24.4 Å². The molecule has 1 aromatic carbocycles. The number of hydrogen-bond donors (Lipinski definition) is 2. The quantitative estimate of drug-likeness (QED) is 0.288. The van der Waals surface area contributed by atoms with E-state index in [2.05, 4.69) is 67.3 Å². The molecule has 0 radical (unpaired) electrons. The molecule has 1 aliphatic carbocycles. The van der Waals surface area contributed by atoms with Gasteiger partial charge in [0.25, 0.3) is 5.91 Å². The lowest BCUT2D eigenvalue weighted by molar-refractivity contribution is 0.0915.